The molecule has 0 fully saturated rings. The number of hydrogen-bond acceptors (Lipinski definition) is 7. The van der Waals surface area contributed by atoms with E-state index in [-0.39, 0.29) is 17.9 Å². The minimum atomic E-state index is -4.64. The molecule has 0 spiro atoms. The van der Waals surface area contributed by atoms with E-state index in [0.29, 0.717) is 24.4 Å². The molecule has 4 rings (SSSR count). The molecule has 0 amide bonds. The van der Waals surface area contributed by atoms with E-state index < -0.39 is 30.1 Å². The van der Waals surface area contributed by atoms with Crippen LogP contribution in [0.1, 0.15) is 71.7 Å². The number of rotatable bonds is 6. The Bertz CT molecular complexity index is 1570. The van der Waals surface area contributed by atoms with Gasteiger partial charge in [-0.2, -0.15) is 13.2 Å². The van der Waals surface area contributed by atoms with Crippen molar-refractivity contribution < 1.29 is 46.6 Å². The molecular formula is C33H39F3N2O7. The number of fused-ring (bicyclic) bond motifs is 2. The van der Waals surface area contributed by atoms with Crippen LogP contribution < -0.4 is 0 Å². The predicted octanol–water partition coefficient (Wildman–Crippen LogP) is 7.67. The van der Waals surface area contributed by atoms with Crippen LogP contribution in [0, 0.1) is 0 Å². The SMILES string of the molecule is CCOC(=O)C(C)c1cc2ccccc2[nH]1.CCOC(=O)C(C)c1cc2ccccc2n1C(=O)OC(C)(C)C.O=CC(F)(F)F. The monoisotopic (exact) mass is 632 g/mol. The van der Waals surface area contributed by atoms with E-state index in [9.17, 15) is 27.6 Å². The lowest BCUT2D eigenvalue weighted by Crippen LogP contribution is -2.29. The molecule has 4 aromatic rings. The number of nitrogens with zero attached hydrogens (tertiary/aromatic N) is 1. The Labute approximate surface area is 259 Å². The van der Waals surface area contributed by atoms with Crippen molar-refractivity contribution in [1.82, 2.24) is 9.55 Å². The number of nitrogens with one attached hydrogen (secondary N) is 1. The molecule has 2 atom stereocenters. The molecule has 2 unspecified atom stereocenters. The minimum absolute atomic E-state index is 0.186. The van der Waals surface area contributed by atoms with Crippen LogP contribution in [0.2, 0.25) is 0 Å². The number of ether oxygens (including phenoxy) is 3. The second-order valence-corrected chi connectivity index (χ2v) is 10.9. The fraction of sp³-hybridized carbons (Fsp3) is 0.394. The molecule has 2 aromatic carbocycles. The first-order chi connectivity index (χ1) is 21.0. The van der Waals surface area contributed by atoms with Crippen LogP contribution in [-0.4, -0.2) is 58.9 Å². The molecule has 1 N–H and O–H groups in total. The zero-order valence-electron chi connectivity index (χ0n) is 26.4. The third kappa shape index (κ3) is 10.8. The van der Waals surface area contributed by atoms with Crippen molar-refractivity contribution in [2.24, 2.45) is 0 Å². The van der Waals surface area contributed by atoms with E-state index in [0.717, 1.165) is 22.0 Å². The van der Waals surface area contributed by atoms with Crippen LogP contribution in [0.3, 0.4) is 0 Å². The van der Waals surface area contributed by atoms with Crippen LogP contribution >= 0.6 is 0 Å². The first-order valence-corrected chi connectivity index (χ1v) is 14.3. The molecule has 244 valence electrons. The largest absolute Gasteiger partial charge is 0.465 e. The molecule has 0 aliphatic carbocycles. The standard InChI is InChI=1S/C18H23NO4.C13H15NO2.C2HF3O/c1-6-22-16(20)12(2)15-11-13-9-7-8-10-14(13)19(15)17(21)23-18(3,4)5;1-3-16-13(15)9(2)12-8-10-6-4-5-7-11(10)14-12;3-2(4,5)1-6/h7-12H,6H2,1-5H3;4-9,14H,3H2,1-2H3;1H. The number of para-hydroxylation sites is 2. The van der Waals surface area contributed by atoms with Gasteiger partial charge in [0.25, 0.3) is 0 Å². The molecule has 2 heterocycles. The number of esters is 2. The lowest BCUT2D eigenvalue weighted by molar-refractivity contribution is -0.156. The molecular weight excluding hydrogens is 593 g/mol. The summed E-state index contributed by atoms with van der Waals surface area (Å²) in [4.78, 5) is 48.2. The molecule has 12 heteroatoms. The molecule has 0 saturated carbocycles. The van der Waals surface area contributed by atoms with Crippen LogP contribution in [0.5, 0.6) is 0 Å². The first-order valence-electron chi connectivity index (χ1n) is 14.3. The van der Waals surface area contributed by atoms with Crippen molar-refractivity contribution in [1.29, 1.82) is 0 Å². The normalized spacial score (nSPS) is 12.6. The average molecular weight is 633 g/mol. The first kappa shape index (κ1) is 36.6. The number of carbonyl (C=O) groups is 4. The Kier molecular flexibility index (Phi) is 12.9. The number of aromatic amines is 1. The van der Waals surface area contributed by atoms with Crippen LogP contribution in [0.25, 0.3) is 21.8 Å². The number of aldehydes is 1. The summed E-state index contributed by atoms with van der Waals surface area (Å²) in [7, 11) is 0. The molecule has 0 saturated heterocycles. The maximum Gasteiger partial charge on any atom is 0.446 e. The Balaban J connectivity index is 0.000000277. The van der Waals surface area contributed by atoms with Crippen molar-refractivity contribution in [3.05, 3.63) is 72.1 Å². The van der Waals surface area contributed by atoms with E-state index in [4.69, 9.17) is 19.0 Å². The van der Waals surface area contributed by atoms with Crippen molar-refractivity contribution in [2.45, 2.75) is 72.1 Å². The third-order valence-electron chi connectivity index (χ3n) is 6.19. The van der Waals surface area contributed by atoms with Gasteiger partial charge in [0.05, 0.1) is 30.6 Å². The third-order valence-corrected chi connectivity index (χ3v) is 6.19. The zero-order chi connectivity index (χ0) is 33.9. The van der Waals surface area contributed by atoms with E-state index >= 15 is 0 Å². The highest BCUT2D eigenvalue weighted by Gasteiger charge is 2.28. The van der Waals surface area contributed by atoms with Gasteiger partial charge in [-0.15, -0.1) is 0 Å². The molecule has 45 heavy (non-hydrogen) atoms. The Morgan fingerprint density at radius 2 is 1.36 bits per heavy atom. The Morgan fingerprint density at radius 1 is 0.844 bits per heavy atom. The van der Waals surface area contributed by atoms with E-state index in [2.05, 4.69) is 4.98 Å². The van der Waals surface area contributed by atoms with Crippen LogP contribution in [0.15, 0.2) is 60.7 Å². The van der Waals surface area contributed by atoms with E-state index in [1.807, 2.05) is 95.3 Å². The second-order valence-electron chi connectivity index (χ2n) is 10.9. The van der Waals surface area contributed by atoms with E-state index in [1.165, 1.54) is 4.57 Å². The Hall–Kier alpha value is -4.61. The highest BCUT2D eigenvalue weighted by Crippen LogP contribution is 2.28. The van der Waals surface area contributed by atoms with E-state index in [1.54, 1.807) is 13.8 Å². The number of hydrogen-bond donors (Lipinski definition) is 1. The minimum Gasteiger partial charge on any atom is -0.465 e. The van der Waals surface area contributed by atoms with Gasteiger partial charge in [0, 0.05) is 22.3 Å². The van der Waals surface area contributed by atoms with Gasteiger partial charge < -0.3 is 19.2 Å². The summed E-state index contributed by atoms with van der Waals surface area (Å²) >= 11 is 0. The van der Waals surface area contributed by atoms with Crippen LogP contribution in [-0.2, 0) is 28.6 Å². The highest BCUT2D eigenvalue weighted by atomic mass is 19.4. The van der Waals surface area contributed by atoms with Crippen molar-refractivity contribution in [3.8, 4) is 0 Å². The summed E-state index contributed by atoms with van der Waals surface area (Å²) in [5.41, 5.74) is 2.62. The topological polar surface area (TPSA) is 117 Å². The quantitative estimate of drug-likeness (QED) is 0.132. The Morgan fingerprint density at radius 3 is 1.87 bits per heavy atom. The fourth-order valence-corrected chi connectivity index (χ4v) is 4.12. The lowest BCUT2D eigenvalue weighted by atomic mass is 10.1. The number of benzene rings is 2. The smallest absolute Gasteiger partial charge is 0.446 e. The molecule has 9 nitrogen and oxygen atoms in total. The predicted molar refractivity (Wildman–Crippen MR) is 164 cm³/mol. The summed E-state index contributed by atoms with van der Waals surface area (Å²) in [5.74, 6) is -1.35. The zero-order valence-corrected chi connectivity index (χ0v) is 26.4. The fourth-order valence-electron chi connectivity index (χ4n) is 4.12. The van der Waals surface area contributed by atoms with Crippen molar-refractivity contribution in [3.63, 3.8) is 0 Å². The number of carbonyl (C=O) groups excluding carboxylic acids is 4. The van der Waals surface area contributed by atoms with Gasteiger partial charge in [-0.3, -0.25) is 14.4 Å². The van der Waals surface area contributed by atoms with Gasteiger partial charge in [-0.1, -0.05) is 36.4 Å². The maximum absolute atomic E-state index is 12.6. The number of aromatic nitrogens is 2. The van der Waals surface area contributed by atoms with Gasteiger partial charge >= 0.3 is 24.2 Å². The summed E-state index contributed by atoms with van der Waals surface area (Å²) in [6.45, 7) is 13.3. The van der Waals surface area contributed by atoms with Gasteiger partial charge in [0.15, 0.2) is 0 Å². The van der Waals surface area contributed by atoms with Gasteiger partial charge in [-0.05, 0) is 78.1 Å². The summed E-state index contributed by atoms with van der Waals surface area (Å²) in [6.07, 6.45) is -6.20. The molecule has 0 bridgehead atoms. The average Bonchev–Trinajstić information content (AvgIpc) is 3.58. The molecule has 0 aliphatic heterocycles. The molecule has 2 aromatic heterocycles. The van der Waals surface area contributed by atoms with Gasteiger partial charge in [-0.25, -0.2) is 9.36 Å². The number of H-pyrrole nitrogens is 1. The molecule has 0 radical (unpaired) electrons. The second kappa shape index (κ2) is 15.9. The number of alkyl halides is 3. The van der Waals surface area contributed by atoms with Gasteiger partial charge in [0.2, 0.25) is 6.29 Å². The summed E-state index contributed by atoms with van der Waals surface area (Å²) in [6, 6.07) is 19.3. The lowest BCUT2D eigenvalue weighted by Gasteiger charge is -2.22. The maximum atomic E-state index is 12.6. The van der Waals surface area contributed by atoms with Crippen molar-refractivity contribution in [2.75, 3.05) is 13.2 Å². The highest BCUT2D eigenvalue weighted by molar-refractivity contribution is 5.93. The van der Waals surface area contributed by atoms with Crippen LogP contribution in [0.4, 0.5) is 18.0 Å². The summed E-state index contributed by atoms with van der Waals surface area (Å²) < 4.78 is 48.3. The summed E-state index contributed by atoms with van der Waals surface area (Å²) in [5, 5.41) is 2.00. The van der Waals surface area contributed by atoms with Gasteiger partial charge in [0.1, 0.15) is 5.60 Å². The number of halogens is 3. The molecule has 0 aliphatic rings. The van der Waals surface area contributed by atoms with Crippen molar-refractivity contribution >= 4 is 46.1 Å².